The van der Waals surface area contributed by atoms with Crippen LogP contribution in [0.1, 0.15) is 5.56 Å². The van der Waals surface area contributed by atoms with Crippen LogP contribution in [0.2, 0.25) is 5.02 Å². The van der Waals surface area contributed by atoms with E-state index in [4.69, 9.17) is 11.6 Å². The Morgan fingerprint density at radius 3 is 2.81 bits per heavy atom. The minimum atomic E-state index is -4.57. The molecular weight excluding hydrogens is 325 g/mol. The second-order valence-corrected chi connectivity index (χ2v) is 6.18. The van der Waals surface area contributed by atoms with E-state index in [1.807, 2.05) is 0 Å². The monoisotopic (exact) mass is 336 g/mol. The van der Waals surface area contributed by atoms with Gasteiger partial charge in [-0.2, -0.15) is 13.2 Å². The Morgan fingerprint density at radius 2 is 2.19 bits per heavy atom. The maximum Gasteiger partial charge on any atom is 0.409 e. The van der Waals surface area contributed by atoms with Crippen molar-refractivity contribution in [2.45, 2.75) is 10.9 Å². The van der Waals surface area contributed by atoms with Crippen molar-refractivity contribution in [3.05, 3.63) is 41.4 Å². The van der Waals surface area contributed by atoms with Crippen LogP contribution in [0.15, 0.2) is 30.9 Å². The van der Waals surface area contributed by atoms with Crippen LogP contribution in [0.25, 0.3) is 0 Å². The Hall–Kier alpha value is -1.34. The molecule has 2 N–H and O–H groups in total. The van der Waals surface area contributed by atoms with Crippen molar-refractivity contribution in [2.24, 2.45) is 0 Å². The first-order valence-corrected chi connectivity index (χ1v) is 7.33. The molecule has 1 heterocycles. The highest BCUT2D eigenvalue weighted by Gasteiger charge is 2.58. The predicted octanol–water partition coefficient (Wildman–Crippen LogP) is 4.15. The van der Waals surface area contributed by atoms with E-state index in [1.165, 1.54) is 24.3 Å². The number of benzene rings is 1. The molecule has 3 nitrogen and oxygen atoms in total. The van der Waals surface area contributed by atoms with Crippen molar-refractivity contribution in [1.29, 1.82) is 0 Å². The van der Waals surface area contributed by atoms with Gasteiger partial charge in [0.15, 0.2) is 4.75 Å². The fourth-order valence-electron chi connectivity index (χ4n) is 2.09. The second kappa shape index (κ2) is 5.81. The topological polar surface area (TPSA) is 41.1 Å². The molecule has 1 aliphatic rings. The molecule has 2 rings (SSSR count). The molecule has 114 valence electrons. The van der Waals surface area contributed by atoms with Crippen molar-refractivity contribution in [3.8, 4) is 0 Å². The molecule has 0 radical (unpaired) electrons. The summed E-state index contributed by atoms with van der Waals surface area (Å²) in [6.45, 7) is 2.88. The average molecular weight is 337 g/mol. The highest BCUT2D eigenvalue weighted by Crippen LogP contribution is 2.52. The van der Waals surface area contributed by atoms with Crippen LogP contribution in [-0.2, 0) is 4.75 Å². The van der Waals surface area contributed by atoms with Gasteiger partial charge in [-0.15, -0.1) is 18.3 Å². The third-order valence-corrected chi connectivity index (χ3v) is 4.79. The fourth-order valence-corrected chi connectivity index (χ4v) is 3.33. The lowest BCUT2D eigenvalue weighted by molar-refractivity contribution is -0.160. The molecule has 8 heteroatoms. The number of nitrogens with one attached hydrogen (secondary N) is 2. The molecule has 21 heavy (non-hydrogen) atoms. The molecule has 0 aliphatic carbocycles. The molecule has 1 aliphatic heterocycles. The van der Waals surface area contributed by atoms with E-state index in [2.05, 4.69) is 17.2 Å². The zero-order valence-corrected chi connectivity index (χ0v) is 12.3. The van der Waals surface area contributed by atoms with Gasteiger partial charge in [0.25, 0.3) is 0 Å². The van der Waals surface area contributed by atoms with Crippen molar-refractivity contribution in [3.63, 3.8) is 0 Å². The molecule has 0 bridgehead atoms. The number of anilines is 1. The number of urea groups is 1. The first kappa shape index (κ1) is 16.0. The van der Waals surface area contributed by atoms with Crippen molar-refractivity contribution >= 4 is 35.1 Å². The van der Waals surface area contributed by atoms with E-state index in [-0.39, 0.29) is 22.0 Å². The fraction of sp³-hybridized carbons (Fsp3) is 0.308. The zero-order chi connectivity index (χ0) is 15.7. The molecule has 0 saturated heterocycles. The van der Waals surface area contributed by atoms with Crippen LogP contribution >= 0.6 is 23.4 Å². The van der Waals surface area contributed by atoms with Crippen molar-refractivity contribution in [2.75, 3.05) is 17.6 Å². The molecular formula is C13H12ClF3N2OS. The summed E-state index contributed by atoms with van der Waals surface area (Å²) in [5, 5.41) is 4.83. The number of carbonyl (C=O) groups excluding carboxylic acids is 1. The Balaban J connectivity index is 2.66. The van der Waals surface area contributed by atoms with Gasteiger partial charge in [-0.05, 0) is 18.2 Å². The normalized spacial score (nSPS) is 21.8. The van der Waals surface area contributed by atoms with E-state index < -0.39 is 23.5 Å². The summed E-state index contributed by atoms with van der Waals surface area (Å²) in [5.74, 6) is 0.0847. The van der Waals surface area contributed by atoms with E-state index >= 15 is 0 Å². The SMILES string of the molecule is C=CCSC1(C(F)(F)F)CNC(=O)Nc2ccc(Cl)cc21. The van der Waals surface area contributed by atoms with Gasteiger partial charge < -0.3 is 10.6 Å². The lowest BCUT2D eigenvalue weighted by Crippen LogP contribution is -2.47. The van der Waals surface area contributed by atoms with Gasteiger partial charge in [-0.1, -0.05) is 17.7 Å². The summed E-state index contributed by atoms with van der Waals surface area (Å²) < 4.78 is 39.0. The number of rotatable bonds is 3. The van der Waals surface area contributed by atoms with Crippen molar-refractivity contribution in [1.82, 2.24) is 5.32 Å². The predicted molar refractivity (Wildman–Crippen MR) is 78.9 cm³/mol. The summed E-state index contributed by atoms with van der Waals surface area (Å²) in [6.07, 6.45) is -3.18. The minimum Gasteiger partial charge on any atom is -0.336 e. The number of hydrogen-bond acceptors (Lipinski definition) is 2. The summed E-state index contributed by atoms with van der Waals surface area (Å²) in [7, 11) is 0. The number of fused-ring (bicyclic) bond motifs is 1. The summed E-state index contributed by atoms with van der Waals surface area (Å²) in [6, 6.07) is 3.38. The van der Waals surface area contributed by atoms with Crippen LogP contribution in [0.4, 0.5) is 23.7 Å². The second-order valence-electron chi connectivity index (χ2n) is 4.42. The quantitative estimate of drug-likeness (QED) is 0.814. The van der Waals surface area contributed by atoms with Gasteiger partial charge in [-0.25, -0.2) is 4.79 Å². The summed E-state index contributed by atoms with van der Waals surface area (Å²) in [4.78, 5) is 11.6. The van der Waals surface area contributed by atoms with Crippen LogP contribution in [-0.4, -0.2) is 24.5 Å². The van der Waals surface area contributed by atoms with Gasteiger partial charge in [0, 0.05) is 28.6 Å². The zero-order valence-electron chi connectivity index (χ0n) is 10.8. The van der Waals surface area contributed by atoms with Crippen LogP contribution in [0, 0.1) is 0 Å². The number of amides is 2. The Morgan fingerprint density at radius 1 is 1.48 bits per heavy atom. The van der Waals surface area contributed by atoms with Crippen LogP contribution in [0.5, 0.6) is 0 Å². The first-order chi connectivity index (χ1) is 9.80. The number of alkyl halides is 3. The van der Waals surface area contributed by atoms with Crippen molar-refractivity contribution < 1.29 is 18.0 Å². The Bertz CT molecular complexity index is 579. The highest BCUT2D eigenvalue weighted by molar-refractivity contribution is 8.00. The molecule has 1 aromatic carbocycles. The molecule has 0 saturated carbocycles. The molecule has 1 aromatic rings. The van der Waals surface area contributed by atoms with E-state index in [1.54, 1.807) is 0 Å². The largest absolute Gasteiger partial charge is 0.409 e. The first-order valence-electron chi connectivity index (χ1n) is 5.96. The average Bonchev–Trinajstić information content (AvgIpc) is 2.53. The van der Waals surface area contributed by atoms with Gasteiger partial charge >= 0.3 is 12.2 Å². The molecule has 0 spiro atoms. The highest BCUT2D eigenvalue weighted by atomic mass is 35.5. The Labute approximate surface area is 128 Å². The molecule has 1 atom stereocenters. The molecule has 0 fully saturated rings. The number of thioether (sulfide) groups is 1. The van der Waals surface area contributed by atoms with Crippen LogP contribution < -0.4 is 10.6 Å². The van der Waals surface area contributed by atoms with Gasteiger partial charge in [0.05, 0.1) is 0 Å². The third kappa shape index (κ3) is 2.98. The molecule has 1 unspecified atom stereocenters. The van der Waals surface area contributed by atoms with E-state index in [9.17, 15) is 18.0 Å². The third-order valence-electron chi connectivity index (χ3n) is 3.07. The maximum atomic E-state index is 13.8. The minimum absolute atomic E-state index is 0.0623. The van der Waals surface area contributed by atoms with Gasteiger partial charge in [0.1, 0.15) is 0 Å². The molecule has 0 aromatic heterocycles. The van der Waals surface area contributed by atoms with Gasteiger partial charge in [0.2, 0.25) is 0 Å². The smallest absolute Gasteiger partial charge is 0.336 e. The van der Waals surface area contributed by atoms with Crippen LogP contribution in [0.3, 0.4) is 0 Å². The summed E-state index contributed by atoms with van der Waals surface area (Å²) >= 11 is 6.51. The maximum absolute atomic E-state index is 13.8. The summed E-state index contributed by atoms with van der Waals surface area (Å²) in [5.41, 5.74) is 0.0380. The lowest BCUT2D eigenvalue weighted by Gasteiger charge is -2.35. The van der Waals surface area contributed by atoms with Gasteiger partial charge in [-0.3, -0.25) is 0 Å². The number of halogens is 4. The standard InChI is InChI=1S/C13H12ClF3N2OS/c1-2-5-21-12(13(15,16)17)7-18-11(20)19-10-4-3-8(14)6-9(10)12/h2-4,6H,1,5,7H2,(H2,18,19,20). The van der Waals surface area contributed by atoms with E-state index in [0.29, 0.717) is 11.8 Å². The molecule has 2 amide bonds. The number of hydrogen-bond donors (Lipinski definition) is 2. The van der Waals surface area contributed by atoms with E-state index in [0.717, 1.165) is 0 Å². The lowest BCUT2D eigenvalue weighted by atomic mass is 9.95. The number of carbonyl (C=O) groups is 1. The Kier molecular flexibility index (Phi) is 4.43.